The fourth-order valence-electron chi connectivity index (χ4n) is 2.13. The fourth-order valence-corrected chi connectivity index (χ4v) is 2.13. The second kappa shape index (κ2) is 4.91. The lowest BCUT2D eigenvalue weighted by atomic mass is 10.0. The van der Waals surface area contributed by atoms with Gasteiger partial charge in [-0.2, -0.15) is 0 Å². The average Bonchev–Trinajstić information content (AvgIpc) is 3.06. The Morgan fingerprint density at radius 1 is 1.41 bits per heavy atom. The minimum atomic E-state index is 0.112. The summed E-state index contributed by atoms with van der Waals surface area (Å²) in [6, 6.07) is 8.61. The van der Waals surface area contributed by atoms with E-state index in [2.05, 4.69) is 43.4 Å². The summed E-state index contributed by atoms with van der Waals surface area (Å²) in [6.07, 6.45) is 2.11. The van der Waals surface area contributed by atoms with Crippen molar-refractivity contribution in [1.29, 1.82) is 0 Å². The van der Waals surface area contributed by atoms with Gasteiger partial charge in [-0.05, 0) is 36.8 Å². The zero-order valence-corrected chi connectivity index (χ0v) is 10.9. The maximum absolute atomic E-state index is 11.8. The molecule has 0 bridgehead atoms. The Kier molecular flexibility index (Phi) is 3.51. The number of benzene rings is 1. The third-order valence-corrected chi connectivity index (χ3v) is 3.69. The van der Waals surface area contributed by atoms with Crippen LogP contribution in [0.15, 0.2) is 24.3 Å². The van der Waals surface area contributed by atoms with Crippen LogP contribution in [-0.2, 0) is 11.2 Å². The van der Waals surface area contributed by atoms with Gasteiger partial charge in [0.1, 0.15) is 0 Å². The van der Waals surface area contributed by atoms with Gasteiger partial charge in [0.05, 0.1) is 6.04 Å². The number of hydrogen-bond donors (Lipinski definition) is 1. The zero-order chi connectivity index (χ0) is 12.4. The molecule has 92 valence electrons. The van der Waals surface area contributed by atoms with E-state index in [1.807, 2.05) is 6.92 Å². The maximum atomic E-state index is 11.8. The molecule has 2 nitrogen and oxygen atoms in total. The van der Waals surface area contributed by atoms with E-state index in [4.69, 9.17) is 0 Å². The third kappa shape index (κ3) is 2.87. The first-order valence-electron chi connectivity index (χ1n) is 6.51. The molecule has 0 aromatic heterocycles. The molecule has 3 atom stereocenters. The second-order valence-corrected chi connectivity index (χ2v) is 5.14. The maximum Gasteiger partial charge on any atom is 0.223 e. The molecule has 0 unspecified atom stereocenters. The first kappa shape index (κ1) is 12.2. The molecule has 1 saturated carbocycles. The molecule has 1 fully saturated rings. The average molecular weight is 231 g/mol. The zero-order valence-electron chi connectivity index (χ0n) is 10.9. The van der Waals surface area contributed by atoms with Gasteiger partial charge < -0.3 is 5.32 Å². The highest BCUT2D eigenvalue weighted by Crippen LogP contribution is 2.38. The van der Waals surface area contributed by atoms with Crippen LogP contribution in [0.3, 0.4) is 0 Å². The first-order valence-corrected chi connectivity index (χ1v) is 6.51. The van der Waals surface area contributed by atoms with Crippen LogP contribution in [0.5, 0.6) is 0 Å². The van der Waals surface area contributed by atoms with Gasteiger partial charge >= 0.3 is 0 Å². The number of rotatable bonds is 4. The number of amides is 1. The van der Waals surface area contributed by atoms with Crippen molar-refractivity contribution in [3.8, 4) is 0 Å². The van der Waals surface area contributed by atoms with E-state index in [1.165, 1.54) is 11.1 Å². The standard InChI is InChI=1S/C15H21NO/c1-4-12-5-7-13(8-6-12)11(3)16-15(17)14-9-10(14)2/h5-8,10-11,14H,4,9H2,1-3H3,(H,16,17)/t10-,11+,14+/m0/s1. The lowest BCUT2D eigenvalue weighted by Crippen LogP contribution is -2.28. The van der Waals surface area contributed by atoms with Crippen molar-refractivity contribution in [1.82, 2.24) is 5.32 Å². The molecule has 1 aromatic carbocycles. The molecule has 1 N–H and O–H groups in total. The van der Waals surface area contributed by atoms with E-state index < -0.39 is 0 Å². The van der Waals surface area contributed by atoms with Crippen LogP contribution in [0, 0.1) is 11.8 Å². The largest absolute Gasteiger partial charge is 0.349 e. The van der Waals surface area contributed by atoms with Crippen LogP contribution in [0.1, 0.15) is 44.4 Å². The topological polar surface area (TPSA) is 29.1 Å². The Hall–Kier alpha value is -1.31. The normalized spacial score (nSPS) is 24.2. The summed E-state index contributed by atoms with van der Waals surface area (Å²) < 4.78 is 0. The smallest absolute Gasteiger partial charge is 0.223 e. The molecular formula is C15H21NO. The predicted molar refractivity (Wildman–Crippen MR) is 69.6 cm³/mol. The first-order chi connectivity index (χ1) is 8.11. The summed E-state index contributed by atoms with van der Waals surface area (Å²) in [7, 11) is 0. The highest BCUT2D eigenvalue weighted by molar-refractivity contribution is 5.81. The summed E-state index contributed by atoms with van der Waals surface area (Å²) in [5.41, 5.74) is 2.52. The van der Waals surface area contributed by atoms with E-state index in [9.17, 15) is 4.79 Å². The minimum Gasteiger partial charge on any atom is -0.349 e. The van der Waals surface area contributed by atoms with Crippen LogP contribution in [0.4, 0.5) is 0 Å². The van der Waals surface area contributed by atoms with Crippen LogP contribution in [0.25, 0.3) is 0 Å². The van der Waals surface area contributed by atoms with Crippen molar-refractivity contribution < 1.29 is 4.79 Å². The van der Waals surface area contributed by atoms with Crippen LogP contribution < -0.4 is 5.32 Å². The van der Waals surface area contributed by atoms with Crippen molar-refractivity contribution >= 4 is 5.91 Å². The number of carbonyl (C=O) groups excluding carboxylic acids is 1. The molecule has 1 aliphatic rings. The van der Waals surface area contributed by atoms with Gasteiger partial charge in [-0.25, -0.2) is 0 Å². The molecule has 1 aromatic rings. The molecule has 1 amide bonds. The van der Waals surface area contributed by atoms with Crippen molar-refractivity contribution in [2.24, 2.45) is 11.8 Å². The van der Waals surface area contributed by atoms with Gasteiger partial charge in [0, 0.05) is 5.92 Å². The summed E-state index contributed by atoms with van der Waals surface area (Å²) in [5, 5.41) is 3.09. The second-order valence-electron chi connectivity index (χ2n) is 5.14. The Labute approximate surface area is 103 Å². The third-order valence-electron chi connectivity index (χ3n) is 3.69. The SMILES string of the molecule is CCc1ccc([C@@H](C)NC(=O)[C@@H]2C[C@@H]2C)cc1. The van der Waals surface area contributed by atoms with Crippen molar-refractivity contribution in [3.05, 3.63) is 35.4 Å². The molecule has 0 radical (unpaired) electrons. The lowest BCUT2D eigenvalue weighted by Gasteiger charge is -2.14. The van der Waals surface area contributed by atoms with E-state index in [0.29, 0.717) is 5.92 Å². The molecule has 0 heterocycles. The molecule has 2 heteroatoms. The molecule has 0 saturated heterocycles. The quantitative estimate of drug-likeness (QED) is 0.847. The van der Waals surface area contributed by atoms with E-state index >= 15 is 0 Å². The number of aryl methyl sites for hydroxylation is 1. The minimum absolute atomic E-state index is 0.112. The van der Waals surface area contributed by atoms with Gasteiger partial charge in [-0.15, -0.1) is 0 Å². The summed E-state index contributed by atoms with van der Waals surface area (Å²) in [6.45, 7) is 6.32. The summed E-state index contributed by atoms with van der Waals surface area (Å²) in [4.78, 5) is 11.8. The van der Waals surface area contributed by atoms with E-state index in [1.54, 1.807) is 0 Å². The Balaban J connectivity index is 1.94. The fraction of sp³-hybridized carbons (Fsp3) is 0.533. The van der Waals surface area contributed by atoms with Gasteiger partial charge in [0.2, 0.25) is 5.91 Å². The Morgan fingerprint density at radius 2 is 2.00 bits per heavy atom. The van der Waals surface area contributed by atoms with Crippen molar-refractivity contribution in [2.75, 3.05) is 0 Å². The van der Waals surface area contributed by atoms with Crippen molar-refractivity contribution in [2.45, 2.75) is 39.7 Å². The van der Waals surface area contributed by atoms with E-state index in [0.717, 1.165) is 12.8 Å². The van der Waals surface area contributed by atoms with Crippen LogP contribution >= 0.6 is 0 Å². The van der Waals surface area contributed by atoms with Gasteiger partial charge in [0.25, 0.3) is 0 Å². The van der Waals surface area contributed by atoms with Gasteiger partial charge in [-0.1, -0.05) is 38.1 Å². The molecule has 2 rings (SSSR count). The number of carbonyl (C=O) groups is 1. The molecule has 0 aliphatic heterocycles. The monoisotopic (exact) mass is 231 g/mol. The summed E-state index contributed by atoms with van der Waals surface area (Å²) in [5.74, 6) is 1.04. The Bertz CT molecular complexity index is 396. The van der Waals surface area contributed by atoms with Crippen LogP contribution in [-0.4, -0.2) is 5.91 Å². The van der Waals surface area contributed by atoms with Gasteiger partial charge in [-0.3, -0.25) is 4.79 Å². The Morgan fingerprint density at radius 3 is 2.47 bits per heavy atom. The van der Waals surface area contributed by atoms with E-state index in [-0.39, 0.29) is 17.9 Å². The molecule has 0 spiro atoms. The molecule has 17 heavy (non-hydrogen) atoms. The predicted octanol–water partition coefficient (Wildman–Crippen LogP) is 3.08. The lowest BCUT2D eigenvalue weighted by molar-refractivity contribution is -0.123. The molecular weight excluding hydrogens is 210 g/mol. The number of nitrogens with one attached hydrogen (secondary N) is 1. The van der Waals surface area contributed by atoms with Gasteiger partial charge in [0.15, 0.2) is 0 Å². The highest BCUT2D eigenvalue weighted by Gasteiger charge is 2.39. The number of hydrogen-bond acceptors (Lipinski definition) is 1. The highest BCUT2D eigenvalue weighted by atomic mass is 16.2. The molecule has 1 aliphatic carbocycles. The summed E-state index contributed by atoms with van der Waals surface area (Å²) >= 11 is 0. The van der Waals surface area contributed by atoms with Crippen LogP contribution in [0.2, 0.25) is 0 Å². The van der Waals surface area contributed by atoms with Crippen molar-refractivity contribution in [3.63, 3.8) is 0 Å².